The zero-order valence-electron chi connectivity index (χ0n) is 13.3. The number of hydrogen-bond donors (Lipinski definition) is 2. The van der Waals surface area contributed by atoms with Crippen LogP contribution in [0, 0.1) is 0 Å². The van der Waals surface area contributed by atoms with Crippen LogP contribution in [0.15, 0.2) is 30.3 Å². The first-order valence-electron chi connectivity index (χ1n) is 6.97. The van der Waals surface area contributed by atoms with Crippen molar-refractivity contribution in [3.05, 3.63) is 41.5 Å². The lowest BCUT2D eigenvalue weighted by atomic mass is 10.2. The van der Waals surface area contributed by atoms with Crippen LogP contribution in [0.25, 0.3) is 0 Å². The van der Waals surface area contributed by atoms with E-state index in [1.807, 2.05) is 0 Å². The van der Waals surface area contributed by atoms with E-state index < -0.39 is 0 Å². The third-order valence-corrected chi connectivity index (χ3v) is 3.34. The average Bonchev–Trinajstić information content (AvgIpc) is 2.60. The van der Waals surface area contributed by atoms with E-state index in [1.165, 1.54) is 21.3 Å². The lowest BCUT2D eigenvalue weighted by Crippen LogP contribution is -2.00. The van der Waals surface area contributed by atoms with Gasteiger partial charge in [-0.05, 0) is 35.4 Å². The van der Waals surface area contributed by atoms with Crippen LogP contribution in [0.1, 0.15) is 11.1 Å². The molecule has 0 bridgehead atoms. The predicted octanol–water partition coefficient (Wildman–Crippen LogP) is 2.49. The Morgan fingerprint density at radius 1 is 0.783 bits per heavy atom. The molecule has 0 aliphatic carbocycles. The molecule has 0 fully saturated rings. The van der Waals surface area contributed by atoms with Gasteiger partial charge in [0.05, 0.1) is 27.9 Å². The molecule has 0 unspecified atom stereocenters. The number of aliphatic hydroxyl groups excluding tert-OH is 1. The molecular weight excluding hydrogens is 300 g/mol. The molecule has 2 aromatic carbocycles. The summed E-state index contributed by atoms with van der Waals surface area (Å²) in [7, 11) is 4.47. The Morgan fingerprint density at radius 3 is 1.87 bits per heavy atom. The first-order chi connectivity index (χ1) is 11.1. The van der Waals surface area contributed by atoms with Crippen LogP contribution in [0.3, 0.4) is 0 Å². The van der Waals surface area contributed by atoms with Crippen molar-refractivity contribution in [1.82, 2.24) is 0 Å². The summed E-state index contributed by atoms with van der Waals surface area (Å²) < 4.78 is 21.2. The van der Waals surface area contributed by atoms with Gasteiger partial charge in [-0.2, -0.15) is 0 Å². The highest BCUT2D eigenvalue weighted by Crippen LogP contribution is 2.37. The maximum absolute atomic E-state index is 9.90. The maximum atomic E-state index is 9.90. The maximum Gasteiger partial charge on any atom is 0.200 e. The summed E-state index contributed by atoms with van der Waals surface area (Å²) in [4.78, 5) is 0. The van der Waals surface area contributed by atoms with Gasteiger partial charge in [-0.3, -0.25) is 0 Å². The second-order valence-corrected chi connectivity index (χ2v) is 4.78. The van der Waals surface area contributed by atoms with Gasteiger partial charge in [0.2, 0.25) is 5.75 Å². The average molecular weight is 320 g/mol. The highest BCUT2D eigenvalue weighted by Gasteiger charge is 2.12. The smallest absolute Gasteiger partial charge is 0.200 e. The van der Waals surface area contributed by atoms with Crippen LogP contribution in [0.5, 0.6) is 28.7 Å². The van der Waals surface area contributed by atoms with Gasteiger partial charge in [0.1, 0.15) is 6.61 Å². The Balaban J connectivity index is 2.21. The Kier molecular flexibility index (Phi) is 5.54. The molecule has 2 N–H and O–H groups in total. The molecule has 0 radical (unpaired) electrons. The topological polar surface area (TPSA) is 77.4 Å². The van der Waals surface area contributed by atoms with E-state index in [0.29, 0.717) is 23.0 Å². The van der Waals surface area contributed by atoms with E-state index in [0.717, 1.165) is 11.1 Å². The van der Waals surface area contributed by atoms with Crippen LogP contribution in [-0.4, -0.2) is 31.5 Å². The summed E-state index contributed by atoms with van der Waals surface area (Å²) >= 11 is 0. The zero-order valence-corrected chi connectivity index (χ0v) is 13.3. The first kappa shape index (κ1) is 16.8. The number of aliphatic hydroxyl groups is 1. The molecule has 124 valence electrons. The lowest BCUT2D eigenvalue weighted by molar-refractivity contribution is 0.273. The molecule has 0 heterocycles. The lowest BCUT2D eigenvalue weighted by Gasteiger charge is -2.14. The van der Waals surface area contributed by atoms with Gasteiger partial charge in [-0.1, -0.05) is 6.07 Å². The van der Waals surface area contributed by atoms with Crippen molar-refractivity contribution in [1.29, 1.82) is 0 Å². The van der Waals surface area contributed by atoms with Gasteiger partial charge in [0.25, 0.3) is 0 Å². The van der Waals surface area contributed by atoms with Crippen molar-refractivity contribution in [3.8, 4) is 28.7 Å². The Morgan fingerprint density at radius 2 is 1.35 bits per heavy atom. The van der Waals surface area contributed by atoms with Crippen LogP contribution in [0.2, 0.25) is 0 Å². The molecule has 2 rings (SSSR count). The molecule has 0 aliphatic rings. The van der Waals surface area contributed by atoms with Crippen molar-refractivity contribution >= 4 is 0 Å². The molecule has 0 atom stereocenters. The number of hydrogen-bond acceptors (Lipinski definition) is 6. The molecule has 0 aliphatic heterocycles. The Bertz CT molecular complexity index is 643. The van der Waals surface area contributed by atoms with Gasteiger partial charge < -0.3 is 29.2 Å². The fourth-order valence-corrected chi connectivity index (χ4v) is 2.12. The molecule has 0 amide bonds. The second kappa shape index (κ2) is 7.60. The van der Waals surface area contributed by atoms with Gasteiger partial charge in [0, 0.05) is 0 Å². The highest BCUT2D eigenvalue weighted by atomic mass is 16.5. The Labute approximate surface area is 134 Å². The number of ether oxygens (including phenoxy) is 4. The second-order valence-electron chi connectivity index (χ2n) is 4.78. The minimum absolute atomic E-state index is 0.0522. The first-order valence-corrected chi connectivity index (χ1v) is 6.97. The quantitative estimate of drug-likeness (QED) is 0.816. The van der Waals surface area contributed by atoms with Crippen molar-refractivity contribution in [2.75, 3.05) is 21.3 Å². The van der Waals surface area contributed by atoms with Gasteiger partial charge in [-0.25, -0.2) is 0 Å². The van der Waals surface area contributed by atoms with Crippen molar-refractivity contribution < 1.29 is 29.2 Å². The van der Waals surface area contributed by atoms with E-state index in [2.05, 4.69) is 0 Å². The van der Waals surface area contributed by atoms with E-state index in [9.17, 15) is 5.11 Å². The SMILES string of the molecule is COc1cc(CO)ccc1OCc1cc(OC)c(O)c(OC)c1. The van der Waals surface area contributed by atoms with Gasteiger partial charge >= 0.3 is 0 Å². The van der Waals surface area contributed by atoms with E-state index in [-0.39, 0.29) is 19.0 Å². The highest BCUT2D eigenvalue weighted by molar-refractivity contribution is 5.52. The summed E-state index contributed by atoms with van der Waals surface area (Å²) in [6.45, 7) is 0.171. The molecule has 0 spiro atoms. The molecule has 0 saturated carbocycles. The summed E-state index contributed by atoms with van der Waals surface area (Å²) in [5, 5.41) is 19.1. The van der Waals surface area contributed by atoms with Crippen LogP contribution >= 0.6 is 0 Å². The summed E-state index contributed by atoms with van der Waals surface area (Å²) in [5.41, 5.74) is 1.51. The molecule has 6 nitrogen and oxygen atoms in total. The minimum Gasteiger partial charge on any atom is -0.502 e. The monoisotopic (exact) mass is 320 g/mol. The Hall–Kier alpha value is -2.60. The fraction of sp³-hybridized carbons (Fsp3) is 0.294. The standard InChI is InChI=1S/C17H20O6/c1-20-14-6-11(9-18)4-5-13(14)23-10-12-7-15(21-2)17(19)16(8-12)22-3/h4-8,18-19H,9-10H2,1-3H3. The minimum atomic E-state index is -0.0665. The largest absolute Gasteiger partial charge is 0.502 e. The number of methoxy groups -OCH3 is 3. The number of phenols is 1. The van der Waals surface area contributed by atoms with E-state index in [4.69, 9.17) is 24.1 Å². The fourth-order valence-electron chi connectivity index (χ4n) is 2.12. The van der Waals surface area contributed by atoms with Crippen LogP contribution in [0.4, 0.5) is 0 Å². The third-order valence-electron chi connectivity index (χ3n) is 3.34. The van der Waals surface area contributed by atoms with Crippen LogP contribution in [-0.2, 0) is 13.2 Å². The normalized spacial score (nSPS) is 10.3. The van der Waals surface area contributed by atoms with Gasteiger partial charge in [-0.15, -0.1) is 0 Å². The molecular formula is C17H20O6. The van der Waals surface area contributed by atoms with E-state index >= 15 is 0 Å². The van der Waals surface area contributed by atoms with E-state index in [1.54, 1.807) is 30.3 Å². The summed E-state index contributed by atoms with van der Waals surface area (Å²) in [5.74, 6) is 1.66. The molecule has 0 saturated heterocycles. The van der Waals surface area contributed by atoms with Gasteiger partial charge in [0.15, 0.2) is 23.0 Å². The van der Waals surface area contributed by atoms with Crippen LogP contribution < -0.4 is 18.9 Å². The number of benzene rings is 2. The molecule has 0 aromatic heterocycles. The molecule has 6 heteroatoms. The molecule has 2 aromatic rings. The number of aromatic hydroxyl groups is 1. The zero-order chi connectivity index (χ0) is 16.8. The summed E-state index contributed by atoms with van der Waals surface area (Å²) in [6, 6.07) is 8.56. The van der Waals surface area contributed by atoms with Crippen molar-refractivity contribution in [2.45, 2.75) is 13.2 Å². The van der Waals surface area contributed by atoms with Crippen molar-refractivity contribution in [2.24, 2.45) is 0 Å². The molecule has 23 heavy (non-hydrogen) atoms. The van der Waals surface area contributed by atoms with Crippen molar-refractivity contribution in [3.63, 3.8) is 0 Å². The third kappa shape index (κ3) is 3.78. The predicted molar refractivity (Wildman–Crippen MR) is 84.5 cm³/mol. The number of rotatable bonds is 7. The number of phenolic OH excluding ortho intramolecular Hbond substituents is 1. The summed E-state index contributed by atoms with van der Waals surface area (Å²) in [6.07, 6.45) is 0.